The van der Waals surface area contributed by atoms with Crippen molar-refractivity contribution in [3.63, 3.8) is 0 Å². The van der Waals surface area contributed by atoms with Crippen molar-refractivity contribution in [2.45, 2.75) is 60.2 Å². The zero-order chi connectivity index (χ0) is 19.5. The predicted molar refractivity (Wildman–Crippen MR) is 101 cm³/mol. The summed E-state index contributed by atoms with van der Waals surface area (Å²) in [7, 11) is 2.06. The summed E-state index contributed by atoms with van der Waals surface area (Å²) >= 11 is 0. The number of rotatable bonds is 3. The second-order valence-electron chi connectivity index (χ2n) is 5.78. The van der Waals surface area contributed by atoms with Gasteiger partial charge in [0, 0.05) is 19.6 Å². The van der Waals surface area contributed by atoms with Gasteiger partial charge in [-0.15, -0.1) is 0 Å². The summed E-state index contributed by atoms with van der Waals surface area (Å²) in [6.45, 7) is 13.9. The molecule has 0 N–H and O–H groups in total. The molecule has 1 heterocycles. The van der Waals surface area contributed by atoms with Crippen molar-refractivity contribution in [1.82, 2.24) is 9.80 Å². The van der Waals surface area contributed by atoms with Crippen molar-refractivity contribution in [2.24, 2.45) is 0 Å². The molecule has 1 aromatic rings. The molecule has 1 aromatic carbocycles. The summed E-state index contributed by atoms with van der Waals surface area (Å²) in [6, 6.07) is 4.77. The van der Waals surface area contributed by atoms with Gasteiger partial charge in [-0.25, -0.2) is 0 Å². The van der Waals surface area contributed by atoms with Gasteiger partial charge in [0.15, 0.2) is 0 Å². The molecule has 1 aliphatic rings. The van der Waals surface area contributed by atoms with Crippen LogP contribution in [0.5, 0.6) is 0 Å². The molecule has 0 aliphatic carbocycles. The van der Waals surface area contributed by atoms with Crippen LogP contribution in [0.15, 0.2) is 18.2 Å². The Morgan fingerprint density at radius 2 is 1.60 bits per heavy atom. The molecule has 0 atom stereocenters. The van der Waals surface area contributed by atoms with Crippen LogP contribution in [0.3, 0.4) is 0 Å². The van der Waals surface area contributed by atoms with Gasteiger partial charge in [-0.2, -0.15) is 13.2 Å². The van der Waals surface area contributed by atoms with Gasteiger partial charge in [0.1, 0.15) is 0 Å². The molecular weight excluding hydrogens is 325 g/mol. The van der Waals surface area contributed by atoms with Crippen LogP contribution >= 0.6 is 0 Å². The lowest BCUT2D eigenvalue weighted by Crippen LogP contribution is -2.29. The van der Waals surface area contributed by atoms with E-state index in [4.69, 9.17) is 0 Å². The maximum atomic E-state index is 13.2. The van der Waals surface area contributed by atoms with E-state index < -0.39 is 11.7 Å². The number of benzene rings is 1. The molecule has 1 saturated heterocycles. The van der Waals surface area contributed by atoms with Crippen molar-refractivity contribution in [3.05, 3.63) is 34.9 Å². The Bertz CT molecular complexity index is 472. The molecule has 0 unspecified atom stereocenters. The van der Waals surface area contributed by atoms with E-state index in [0.29, 0.717) is 18.5 Å². The van der Waals surface area contributed by atoms with Gasteiger partial charge in [-0.3, -0.25) is 4.90 Å². The maximum absolute atomic E-state index is 13.2. The Balaban J connectivity index is 0.00000134. The third kappa shape index (κ3) is 8.23. The van der Waals surface area contributed by atoms with Gasteiger partial charge < -0.3 is 4.90 Å². The minimum atomic E-state index is -4.27. The van der Waals surface area contributed by atoms with E-state index in [0.717, 1.165) is 38.2 Å². The summed E-state index contributed by atoms with van der Waals surface area (Å²) < 4.78 is 39.7. The molecule has 0 bridgehead atoms. The van der Waals surface area contributed by atoms with E-state index in [2.05, 4.69) is 16.8 Å². The van der Waals surface area contributed by atoms with E-state index in [1.165, 1.54) is 6.07 Å². The average molecular weight is 361 g/mol. The fraction of sp³-hybridized carbons (Fsp3) is 0.700. The highest BCUT2D eigenvalue weighted by Gasteiger charge is 2.33. The number of halogens is 3. The highest BCUT2D eigenvalue weighted by Crippen LogP contribution is 2.33. The van der Waals surface area contributed by atoms with Crippen molar-refractivity contribution in [2.75, 3.05) is 33.2 Å². The lowest BCUT2D eigenvalue weighted by molar-refractivity contribution is -0.138. The Morgan fingerprint density at radius 3 is 2.16 bits per heavy atom. The first-order valence-corrected chi connectivity index (χ1v) is 9.50. The third-order valence-electron chi connectivity index (χ3n) is 4.09. The monoisotopic (exact) mass is 360 g/mol. The first-order chi connectivity index (χ1) is 11.9. The maximum Gasteiger partial charge on any atom is 0.416 e. The Labute approximate surface area is 152 Å². The van der Waals surface area contributed by atoms with Crippen LogP contribution in [0.2, 0.25) is 0 Å². The van der Waals surface area contributed by atoms with Crippen LogP contribution in [-0.4, -0.2) is 43.0 Å². The molecule has 0 aromatic heterocycles. The summed E-state index contributed by atoms with van der Waals surface area (Å²) in [6.07, 6.45) is -2.65. The fourth-order valence-corrected chi connectivity index (χ4v) is 2.74. The van der Waals surface area contributed by atoms with Crippen molar-refractivity contribution >= 4 is 0 Å². The highest BCUT2D eigenvalue weighted by molar-refractivity contribution is 5.34. The first kappa shape index (κ1) is 23.9. The SMILES string of the molecule is CC.CC.CCc1ccc(CN2CCCN(C)CC2)c(C(F)(F)F)c1. The Morgan fingerprint density at radius 1 is 0.960 bits per heavy atom. The van der Waals surface area contributed by atoms with Gasteiger partial charge >= 0.3 is 6.18 Å². The van der Waals surface area contributed by atoms with Gasteiger partial charge in [-0.05, 0) is 50.2 Å². The minimum Gasteiger partial charge on any atom is -0.305 e. The molecule has 146 valence electrons. The Hall–Kier alpha value is -1.07. The van der Waals surface area contributed by atoms with Gasteiger partial charge in [-0.1, -0.05) is 46.8 Å². The lowest BCUT2D eigenvalue weighted by Gasteiger charge is -2.23. The largest absolute Gasteiger partial charge is 0.416 e. The Kier molecular flexibility index (Phi) is 11.8. The van der Waals surface area contributed by atoms with Gasteiger partial charge in [0.25, 0.3) is 0 Å². The molecule has 0 amide bonds. The number of hydrogen-bond donors (Lipinski definition) is 0. The molecule has 1 aliphatic heterocycles. The molecule has 2 nitrogen and oxygen atoms in total. The molecular formula is C20H35F3N2. The van der Waals surface area contributed by atoms with Crippen LogP contribution in [0, 0.1) is 0 Å². The van der Waals surface area contributed by atoms with Crippen LogP contribution in [0.4, 0.5) is 13.2 Å². The average Bonchev–Trinajstić information content (AvgIpc) is 2.82. The molecule has 1 fully saturated rings. The zero-order valence-electron chi connectivity index (χ0n) is 16.7. The lowest BCUT2D eigenvalue weighted by atomic mass is 10.0. The van der Waals surface area contributed by atoms with E-state index in [1.807, 2.05) is 40.7 Å². The number of aryl methyl sites for hydroxylation is 1. The highest BCUT2D eigenvalue weighted by atomic mass is 19.4. The number of hydrogen-bond acceptors (Lipinski definition) is 2. The molecule has 0 radical (unpaired) electrons. The van der Waals surface area contributed by atoms with Crippen LogP contribution in [-0.2, 0) is 19.1 Å². The summed E-state index contributed by atoms with van der Waals surface area (Å²) in [5.41, 5.74) is 0.658. The van der Waals surface area contributed by atoms with Gasteiger partial charge in [0.2, 0.25) is 0 Å². The van der Waals surface area contributed by atoms with E-state index in [9.17, 15) is 13.2 Å². The summed E-state index contributed by atoms with van der Waals surface area (Å²) in [5.74, 6) is 0. The van der Waals surface area contributed by atoms with E-state index in [-0.39, 0.29) is 0 Å². The molecule has 5 heteroatoms. The van der Waals surface area contributed by atoms with Crippen molar-refractivity contribution in [3.8, 4) is 0 Å². The summed E-state index contributed by atoms with van der Waals surface area (Å²) in [4.78, 5) is 4.35. The van der Waals surface area contributed by atoms with Crippen molar-refractivity contribution < 1.29 is 13.2 Å². The first-order valence-electron chi connectivity index (χ1n) is 9.50. The van der Waals surface area contributed by atoms with E-state index >= 15 is 0 Å². The van der Waals surface area contributed by atoms with Crippen molar-refractivity contribution in [1.29, 1.82) is 0 Å². The third-order valence-corrected chi connectivity index (χ3v) is 4.09. The molecule has 2 rings (SSSR count). The zero-order valence-corrected chi connectivity index (χ0v) is 16.7. The second-order valence-corrected chi connectivity index (χ2v) is 5.78. The number of alkyl halides is 3. The number of likely N-dealkylation sites (N-methyl/N-ethyl adjacent to an activating group) is 1. The normalized spacial score (nSPS) is 16.2. The van der Waals surface area contributed by atoms with Crippen LogP contribution in [0.1, 0.15) is 57.7 Å². The minimum absolute atomic E-state index is 0.382. The van der Waals surface area contributed by atoms with E-state index in [1.54, 1.807) is 6.07 Å². The molecule has 0 spiro atoms. The quantitative estimate of drug-likeness (QED) is 0.706. The van der Waals surface area contributed by atoms with Crippen LogP contribution in [0.25, 0.3) is 0 Å². The topological polar surface area (TPSA) is 6.48 Å². The van der Waals surface area contributed by atoms with Gasteiger partial charge in [0.05, 0.1) is 5.56 Å². The molecule has 25 heavy (non-hydrogen) atoms. The fourth-order valence-electron chi connectivity index (χ4n) is 2.74. The van der Waals surface area contributed by atoms with Crippen LogP contribution < -0.4 is 0 Å². The predicted octanol–water partition coefficient (Wildman–Crippen LogP) is 5.46. The molecule has 0 saturated carbocycles. The smallest absolute Gasteiger partial charge is 0.305 e. The second kappa shape index (κ2) is 12.3. The number of nitrogens with zero attached hydrogens (tertiary/aromatic N) is 2. The standard InChI is InChI=1S/C16H23F3N2.2C2H6/c1-3-13-5-6-14(15(11-13)16(17,18)19)12-21-8-4-7-20(2)9-10-21;2*1-2/h5-6,11H,3-4,7-10,12H2,1-2H3;2*1-2H3. The summed E-state index contributed by atoms with van der Waals surface area (Å²) in [5, 5.41) is 0.